The number of benzene rings is 2. The molecule has 1 atom stereocenters. The molecule has 0 bridgehead atoms. The minimum Gasteiger partial charge on any atom is -0.507 e. The number of ether oxygens (including phenoxy) is 1. The Balaban J connectivity index is 1.95. The van der Waals surface area contributed by atoms with Gasteiger partial charge in [0.1, 0.15) is 11.5 Å². The van der Waals surface area contributed by atoms with Crippen molar-refractivity contribution < 1.29 is 29.3 Å². The molecule has 1 aliphatic rings. The van der Waals surface area contributed by atoms with E-state index in [1.807, 2.05) is 0 Å². The lowest BCUT2D eigenvalue weighted by molar-refractivity contribution is -0.132. The third kappa shape index (κ3) is 3.47. The van der Waals surface area contributed by atoms with Crippen LogP contribution in [-0.2, 0) is 9.59 Å². The molecule has 1 unspecified atom stereocenters. The Morgan fingerprint density at radius 2 is 1.84 bits per heavy atom. The molecule has 1 saturated heterocycles. The van der Waals surface area contributed by atoms with Crippen molar-refractivity contribution in [3.05, 3.63) is 87.6 Å². The lowest BCUT2D eigenvalue weighted by atomic mass is 9.96. The third-order valence-corrected chi connectivity index (χ3v) is 5.74. The second kappa shape index (κ2) is 8.08. The van der Waals surface area contributed by atoms with Gasteiger partial charge in [0.2, 0.25) is 0 Å². The number of nitrogens with zero attached hydrogens (tertiary/aromatic N) is 1. The van der Waals surface area contributed by atoms with Crippen LogP contribution in [0, 0.1) is 0 Å². The highest BCUT2D eigenvalue weighted by atomic mass is 32.1. The molecule has 7 nitrogen and oxygen atoms in total. The number of thiophene rings is 1. The number of aliphatic hydroxyl groups excluding tert-OH is 1. The third-order valence-electron chi connectivity index (χ3n) is 5.04. The van der Waals surface area contributed by atoms with Crippen molar-refractivity contribution in [3.63, 3.8) is 0 Å². The number of ketones is 1. The summed E-state index contributed by atoms with van der Waals surface area (Å²) in [7, 11) is 1.44. The highest BCUT2D eigenvalue weighted by Crippen LogP contribution is 2.43. The van der Waals surface area contributed by atoms with Crippen LogP contribution in [-0.4, -0.2) is 35.0 Å². The zero-order chi connectivity index (χ0) is 22.1. The zero-order valence-electron chi connectivity index (χ0n) is 16.3. The second-order valence-corrected chi connectivity index (χ2v) is 7.56. The fraction of sp³-hybridized carbons (Fsp3) is 0.0870. The van der Waals surface area contributed by atoms with Crippen LogP contribution in [0.2, 0.25) is 0 Å². The van der Waals surface area contributed by atoms with Crippen molar-refractivity contribution in [2.75, 3.05) is 12.0 Å². The maximum absolute atomic E-state index is 13.1. The van der Waals surface area contributed by atoms with E-state index in [1.54, 1.807) is 47.2 Å². The fourth-order valence-electron chi connectivity index (χ4n) is 3.62. The molecule has 0 radical (unpaired) electrons. The number of carbonyl (C=O) groups excluding carboxylic acids is 2. The molecule has 0 aliphatic carbocycles. The standard InChI is InChI=1S/C23H17NO6S/c1-30-17-8-3-2-7-16(17)20(25)18-19(14-9-10-31-12-14)24(22(27)21(18)26)15-6-4-5-13(11-15)23(28)29/h2-12,19,25H,1H3,(H,28,29)/b20-18+. The van der Waals surface area contributed by atoms with E-state index in [0.29, 0.717) is 11.3 Å². The first-order chi connectivity index (χ1) is 14.9. The van der Waals surface area contributed by atoms with Crippen LogP contribution in [0.25, 0.3) is 5.76 Å². The molecule has 0 spiro atoms. The van der Waals surface area contributed by atoms with Crippen LogP contribution >= 0.6 is 11.3 Å². The smallest absolute Gasteiger partial charge is 0.335 e. The Hall–Kier alpha value is -3.91. The van der Waals surface area contributed by atoms with Gasteiger partial charge in [-0.25, -0.2) is 4.79 Å². The number of aromatic carboxylic acids is 1. The van der Waals surface area contributed by atoms with E-state index in [9.17, 15) is 24.6 Å². The summed E-state index contributed by atoms with van der Waals surface area (Å²) in [6.45, 7) is 0. The Bertz CT molecular complexity index is 1210. The first-order valence-electron chi connectivity index (χ1n) is 9.24. The number of hydrogen-bond acceptors (Lipinski definition) is 6. The van der Waals surface area contributed by atoms with Gasteiger partial charge in [-0.1, -0.05) is 18.2 Å². The van der Waals surface area contributed by atoms with Crippen molar-refractivity contribution in [2.45, 2.75) is 6.04 Å². The highest BCUT2D eigenvalue weighted by molar-refractivity contribution is 7.08. The van der Waals surface area contributed by atoms with E-state index < -0.39 is 23.7 Å². The molecule has 2 heterocycles. The first kappa shape index (κ1) is 20.4. The molecule has 1 aromatic heterocycles. The number of methoxy groups -OCH3 is 1. The molecular formula is C23H17NO6S. The zero-order valence-corrected chi connectivity index (χ0v) is 17.1. The van der Waals surface area contributed by atoms with Crippen LogP contribution in [0.3, 0.4) is 0 Å². The molecule has 1 fully saturated rings. The van der Waals surface area contributed by atoms with Gasteiger partial charge in [-0.3, -0.25) is 14.5 Å². The van der Waals surface area contributed by atoms with Gasteiger partial charge < -0.3 is 14.9 Å². The first-order valence-corrected chi connectivity index (χ1v) is 10.2. The molecule has 3 aromatic rings. The molecule has 0 saturated carbocycles. The number of carboxylic acid groups (broad SMARTS) is 1. The summed E-state index contributed by atoms with van der Waals surface area (Å²) >= 11 is 1.38. The summed E-state index contributed by atoms with van der Waals surface area (Å²) in [6.07, 6.45) is 0. The molecule has 156 valence electrons. The minimum absolute atomic E-state index is 0.0202. The number of carbonyl (C=O) groups is 3. The Morgan fingerprint density at radius 3 is 2.52 bits per heavy atom. The van der Waals surface area contributed by atoms with Gasteiger partial charge in [-0.05, 0) is 52.7 Å². The van der Waals surface area contributed by atoms with Gasteiger partial charge in [-0.2, -0.15) is 11.3 Å². The van der Waals surface area contributed by atoms with Crippen molar-refractivity contribution >= 4 is 40.4 Å². The maximum Gasteiger partial charge on any atom is 0.335 e. The van der Waals surface area contributed by atoms with Gasteiger partial charge >= 0.3 is 5.97 Å². The molecule has 1 aliphatic heterocycles. The lowest BCUT2D eigenvalue weighted by Gasteiger charge is -2.25. The van der Waals surface area contributed by atoms with Gasteiger partial charge in [0.15, 0.2) is 0 Å². The van der Waals surface area contributed by atoms with Crippen molar-refractivity contribution in [2.24, 2.45) is 0 Å². The Morgan fingerprint density at radius 1 is 1.06 bits per heavy atom. The SMILES string of the molecule is COc1ccccc1/C(O)=C1\C(=O)C(=O)N(c2cccc(C(=O)O)c2)C1c1ccsc1. The average molecular weight is 435 g/mol. The van der Waals surface area contributed by atoms with Crippen LogP contribution in [0.15, 0.2) is 70.9 Å². The van der Waals surface area contributed by atoms with Crippen LogP contribution < -0.4 is 9.64 Å². The number of hydrogen-bond donors (Lipinski definition) is 2. The topological polar surface area (TPSA) is 104 Å². The average Bonchev–Trinajstić information content (AvgIpc) is 3.40. The predicted molar refractivity (Wildman–Crippen MR) is 115 cm³/mol. The quantitative estimate of drug-likeness (QED) is 0.356. The molecule has 2 aromatic carbocycles. The van der Waals surface area contributed by atoms with Gasteiger partial charge in [-0.15, -0.1) is 0 Å². The van der Waals surface area contributed by atoms with Gasteiger partial charge in [0, 0.05) is 5.69 Å². The van der Waals surface area contributed by atoms with Gasteiger partial charge in [0.05, 0.1) is 29.9 Å². The normalized spacial score (nSPS) is 17.7. The number of carboxylic acids is 1. The molecule has 1 amide bonds. The number of aliphatic hydroxyl groups is 1. The monoisotopic (exact) mass is 435 g/mol. The van der Waals surface area contributed by atoms with Crippen molar-refractivity contribution in [1.82, 2.24) is 0 Å². The molecule has 4 rings (SSSR count). The molecule has 31 heavy (non-hydrogen) atoms. The molecule has 2 N–H and O–H groups in total. The number of rotatable bonds is 5. The van der Waals surface area contributed by atoms with Crippen molar-refractivity contribution in [1.29, 1.82) is 0 Å². The predicted octanol–water partition coefficient (Wildman–Crippen LogP) is 4.08. The van der Waals surface area contributed by atoms with Crippen molar-refractivity contribution in [3.8, 4) is 5.75 Å². The van der Waals surface area contributed by atoms with E-state index in [2.05, 4.69) is 0 Å². The number of amides is 1. The summed E-state index contributed by atoms with van der Waals surface area (Å²) in [5, 5.41) is 24.0. The van der Waals surface area contributed by atoms with E-state index in [4.69, 9.17) is 4.74 Å². The largest absolute Gasteiger partial charge is 0.507 e. The number of Topliss-reactive ketones (excluding diaryl/α,β-unsaturated/α-hetero) is 1. The van der Waals surface area contributed by atoms with Gasteiger partial charge in [0.25, 0.3) is 11.7 Å². The summed E-state index contributed by atoms with van der Waals surface area (Å²) in [5.41, 5.74) is 1.04. The van der Waals surface area contributed by atoms with Crippen LogP contribution in [0.1, 0.15) is 27.5 Å². The van der Waals surface area contributed by atoms with E-state index >= 15 is 0 Å². The van der Waals surface area contributed by atoms with E-state index in [0.717, 1.165) is 0 Å². The summed E-state index contributed by atoms with van der Waals surface area (Å²) in [6, 6.07) is 13.3. The van der Waals surface area contributed by atoms with E-state index in [-0.39, 0.29) is 28.1 Å². The second-order valence-electron chi connectivity index (χ2n) is 6.78. The molecule has 8 heteroatoms. The Kier molecular flexibility index (Phi) is 5.31. The lowest BCUT2D eigenvalue weighted by Crippen LogP contribution is -2.29. The number of para-hydroxylation sites is 1. The minimum atomic E-state index is -1.15. The maximum atomic E-state index is 13.1. The number of anilines is 1. The Labute approximate surface area is 181 Å². The summed E-state index contributed by atoms with van der Waals surface area (Å²) < 4.78 is 5.30. The van der Waals surface area contributed by atoms with Crippen LogP contribution in [0.4, 0.5) is 5.69 Å². The van der Waals surface area contributed by atoms with Crippen LogP contribution in [0.5, 0.6) is 5.75 Å². The molecular weight excluding hydrogens is 418 g/mol. The highest BCUT2D eigenvalue weighted by Gasteiger charge is 2.47. The summed E-state index contributed by atoms with van der Waals surface area (Å²) in [4.78, 5) is 38.8. The van der Waals surface area contributed by atoms with E-state index in [1.165, 1.54) is 41.5 Å². The fourth-order valence-corrected chi connectivity index (χ4v) is 4.30. The summed E-state index contributed by atoms with van der Waals surface area (Å²) in [5.74, 6) is -2.87.